The summed E-state index contributed by atoms with van der Waals surface area (Å²) in [6.07, 6.45) is -2.87. The van der Waals surface area contributed by atoms with Crippen molar-refractivity contribution in [3.63, 3.8) is 0 Å². The quantitative estimate of drug-likeness (QED) is 0.468. The molecule has 218 valence electrons. The average Bonchev–Trinajstić information content (AvgIpc) is 3.66. The summed E-state index contributed by atoms with van der Waals surface area (Å²) in [7, 11) is -3.70. The summed E-state index contributed by atoms with van der Waals surface area (Å²) in [5, 5.41) is 12.4. The van der Waals surface area contributed by atoms with Crippen LogP contribution in [0.5, 0.6) is 0 Å². The molecule has 0 aromatic heterocycles. The van der Waals surface area contributed by atoms with Crippen molar-refractivity contribution in [1.82, 2.24) is 10.2 Å². The highest BCUT2D eigenvalue weighted by atomic mass is 32.2. The van der Waals surface area contributed by atoms with Crippen LogP contribution in [0.4, 0.5) is 22.0 Å². The van der Waals surface area contributed by atoms with Gasteiger partial charge in [-0.3, -0.25) is 9.59 Å². The van der Waals surface area contributed by atoms with Gasteiger partial charge in [-0.25, -0.2) is 17.2 Å². The third-order valence-electron chi connectivity index (χ3n) is 7.76. The van der Waals surface area contributed by atoms with Gasteiger partial charge in [-0.2, -0.15) is 13.2 Å². The number of benzene rings is 2. The largest absolute Gasteiger partial charge is 0.419 e. The van der Waals surface area contributed by atoms with Crippen LogP contribution in [0.2, 0.25) is 0 Å². The fourth-order valence-electron chi connectivity index (χ4n) is 5.19. The van der Waals surface area contributed by atoms with Crippen molar-refractivity contribution >= 4 is 21.7 Å². The maximum Gasteiger partial charge on any atom is 0.419 e. The van der Waals surface area contributed by atoms with E-state index in [1.54, 1.807) is 13.8 Å². The Morgan fingerprint density at radius 2 is 1.75 bits per heavy atom. The molecule has 4 atom stereocenters. The molecule has 0 radical (unpaired) electrons. The molecule has 2 amide bonds. The lowest BCUT2D eigenvalue weighted by Crippen LogP contribution is -2.49. The van der Waals surface area contributed by atoms with Crippen LogP contribution in [-0.4, -0.2) is 48.6 Å². The number of hydrogen-bond donors (Lipinski definition) is 2. The van der Waals surface area contributed by atoms with Crippen LogP contribution in [0, 0.1) is 23.5 Å². The number of halogens is 5. The Bertz CT molecular complexity index is 1440. The minimum Gasteiger partial charge on any atom is -0.392 e. The van der Waals surface area contributed by atoms with E-state index in [4.69, 9.17) is 0 Å². The minimum atomic E-state index is -5.10. The first kappa shape index (κ1) is 29.9. The lowest BCUT2D eigenvalue weighted by molar-refractivity contribution is -0.140. The zero-order valence-corrected chi connectivity index (χ0v) is 22.7. The Hall–Kier alpha value is -3.06. The van der Waals surface area contributed by atoms with Crippen molar-refractivity contribution in [3.05, 3.63) is 64.2 Å². The molecule has 2 fully saturated rings. The van der Waals surface area contributed by atoms with Gasteiger partial charge in [-0.1, -0.05) is 13.0 Å². The molecule has 1 aliphatic carbocycles. The van der Waals surface area contributed by atoms with Gasteiger partial charge in [0.15, 0.2) is 9.84 Å². The Labute approximate surface area is 228 Å². The number of sulfone groups is 1. The molecule has 4 rings (SSSR count). The summed E-state index contributed by atoms with van der Waals surface area (Å²) in [6.45, 7) is 2.95. The molecule has 2 N–H and O–H groups in total. The molecule has 1 unspecified atom stereocenters. The number of likely N-dealkylation sites (tertiary alicyclic amines) is 1. The van der Waals surface area contributed by atoms with Gasteiger partial charge >= 0.3 is 6.18 Å². The summed E-state index contributed by atoms with van der Waals surface area (Å²) < 4.78 is 92.6. The number of nitrogens with one attached hydrogen (secondary N) is 1. The van der Waals surface area contributed by atoms with E-state index in [1.807, 2.05) is 0 Å². The standard InChI is InChI=1S/C27H29F5N2O5S/c1-13-8-23(34(14(13)2)26(37)18-9-17(40(3,38)39)7-6-16(18)12-35)25(36)33-24(15-4-5-15)19-10-22(29)20(11-21(19)28)27(30,31)32/h6-7,9-11,13-15,23-24,35H,4-5,8,12H2,1-3H3,(H,33,36)/t13-,14-,23-,24?/m1/s1. The molecule has 2 aromatic rings. The number of carbonyl (C=O) groups is 2. The third-order valence-corrected chi connectivity index (χ3v) is 8.87. The Morgan fingerprint density at radius 1 is 1.10 bits per heavy atom. The van der Waals surface area contributed by atoms with E-state index in [-0.39, 0.29) is 40.3 Å². The van der Waals surface area contributed by atoms with E-state index in [1.165, 1.54) is 17.0 Å². The number of hydrogen-bond acceptors (Lipinski definition) is 5. The van der Waals surface area contributed by atoms with Gasteiger partial charge in [0.1, 0.15) is 17.7 Å². The molecular weight excluding hydrogens is 559 g/mol. The predicted octanol–water partition coefficient (Wildman–Crippen LogP) is 4.39. The van der Waals surface area contributed by atoms with Gasteiger partial charge < -0.3 is 15.3 Å². The minimum absolute atomic E-state index is 0.0763. The molecule has 1 aliphatic heterocycles. The first-order valence-electron chi connectivity index (χ1n) is 12.7. The third kappa shape index (κ3) is 5.85. The number of aliphatic hydroxyl groups is 1. The smallest absolute Gasteiger partial charge is 0.392 e. The van der Waals surface area contributed by atoms with Crippen LogP contribution in [-0.2, 0) is 27.4 Å². The monoisotopic (exact) mass is 588 g/mol. The second-order valence-corrected chi connectivity index (χ2v) is 12.6. The predicted molar refractivity (Wildman–Crippen MR) is 134 cm³/mol. The number of carbonyl (C=O) groups excluding carboxylic acids is 2. The van der Waals surface area contributed by atoms with Crippen molar-refractivity contribution in [3.8, 4) is 0 Å². The van der Waals surface area contributed by atoms with Crippen LogP contribution in [0.15, 0.2) is 35.2 Å². The number of aliphatic hydroxyl groups excluding tert-OH is 1. The highest BCUT2D eigenvalue weighted by Crippen LogP contribution is 2.44. The summed E-state index contributed by atoms with van der Waals surface area (Å²) >= 11 is 0. The molecule has 0 bridgehead atoms. The van der Waals surface area contributed by atoms with E-state index < -0.39 is 75.3 Å². The summed E-state index contributed by atoms with van der Waals surface area (Å²) in [5.74, 6) is -4.88. The van der Waals surface area contributed by atoms with Crippen molar-refractivity contribution in [2.45, 2.75) is 68.9 Å². The van der Waals surface area contributed by atoms with Gasteiger partial charge in [0.2, 0.25) is 5.91 Å². The Kier molecular flexibility index (Phi) is 8.03. The molecule has 40 heavy (non-hydrogen) atoms. The zero-order valence-electron chi connectivity index (χ0n) is 21.9. The van der Waals surface area contributed by atoms with E-state index in [0.29, 0.717) is 18.9 Å². The second-order valence-electron chi connectivity index (χ2n) is 10.6. The van der Waals surface area contributed by atoms with E-state index in [0.717, 1.165) is 12.3 Å². The SMILES string of the molecule is C[C@@H]1C[C@H](C(=O)NC(c2cc(F)c(C(F)(F)F)cc2F)C2CC2)N(C(=O)c2cc(S(C)(=O)=O)ccc2CO)[C@@H]1C. The van der Waals surface area contributed by atoms with E-state index in [9.17, 15) is 45.1 Å². The number of rotatable bonds is 7. The molecule has 7 nitrogen and oxygen atoms in total. The number of alkyl halides is 3. The molecule has 1 saturated heterocycles. The Balaban J connectivity index is 1.67. The van der Waals surface area contributed by atoms with Crippen LogP contribution in [0.1, 0.15) is 66.2 Å². The fourth-order valence-corrected chi connectivity index (χ4v) is 5.84. The van der Waals surface area contributed by atoms with Crippen molar-refractivity contribution in [1.29, 1.82) is 0 Å². The number of amides is 2. The molecule has 13 heteroatoms. The first-order valence-corrected chi connectivity index (χ1v) is 14.6. The van der Waals surface area contributed by atoms with Crippen LogP contribution < -0.4 is 5.32 Å². The summed E-state index contributed by atoms with van der Waals surface area (Å²) in [5.41, 5.74) is -2.11. The van der Waals surface area contributed by atoms with Crippen molar-refractivity contribution < 1.29 is 45.1 Å². The average molecular weight is 589 g/mol. The van der Waals surface area contributed by atoms with Crippen LogP contribution >= 0.6 is 0 Å². The maximum absolute atomic E-state index is 14.8. The number of nitrogens with zero attached hydrogens (tertiary/aromatic N) is 1. The van der Waals surface area contributed by atoms with Gasteiger partial charge in [-0.15, -0.1) is 0 Å². The topological polar surface area (TPSA) is 104 Å². The molecule has 1 heterocycles. The second kappa shape index (κ2) is 10.7. The molecule has 1 saturated carbocycles. The molecular formula is C27H29F5N2O5S. The highest BCUT2D eigenvalue weighted by molar-refractivity contribution is 7.90. The van der Waals surface area contributed by atoms with Crippen molar-refractivity contribution in [2.75, 3.05) is 6.26 Å². The lowest BCUT2D eigenvalue weighted by Gasteiger charge is -2.31. The maximum atomic E-state index is 14.8. The molecule has 2 aliphatic rings. The molecule has 2 aromatic carbocycles. The van der Waals surface area contributed by atoms with Gasteiger partial charge in [0.05, 0.1) is 23.1 Å². The normalized spacial score (nSPS) is 22.3. The van der Waals surface area contributed by atoms with E-state index in [2.05, 4.69) is 5.32 Å². The molecule has 0 spiro atoms. The first-order chi connectivity index (χ1) is 18.5. The lowest BCUT2D eigenvalue weighted by atomic mass is 9.98. The van der Waals surface area contributed by atoms with Crippen molar-refractivity contribution in [2.24, 2.45) is 11.8 Å². The van der Waals surface area contributed by atoms with Crippen LogP contribution in [0.25, 0.3) is 0 Å². The van der Waals surface area contributed by atoms with Gasteiger partial charge in [0, 0.05) is 23.4 Å². The fraction of sp³-hybridized carbons (Fsp3) is 0.481. The highest BCUT2D eigenvalue weighted by Gasteiger charge is 2.46. The summed E-state index contributed by atoms with van der Waals surface area (Å²) in [6, 6.07) is 1.55. The Morgan fingerprint density at radius 3 is 2.30 bits per heavy atom. The van der Waals surface area contributed by atoms with Gasteiger partial charge in [-0.05, 0) is 67.9 Å². The summed E-state index contributed by atoms with van der Waals surface area (Å²) in [4.78, 5) is 28.4. The van der Waals surface area contributed by atoms with E-state index >= 15 is 0 Å². The van der Waals surface area contributed by atoms with Gasteiger partial charge in [0.25, 0.3) is 5.91 Å². The zero-order chi connectivity index (χ0) is 29.7. The van der Waals surface area contributed by atoms with Crippen LogP contribution in [0.3, 0.4) is 0 Å².